The van der Waals surface area contributed by atoms with Crippen LogP contribution in [0.4, 0.5) is 11.4 Å². The molecular formula is C14H12BrClN2O2. The standard InChI is InChI=1S/C14H12BrClN2O2/c15-10-6-5-9(7-11(10)16)18-14(19)8-20-13-4-2-1-3-12(13)17/h1-7H,8,17H2,(H,18,19). The van der Waals surface area contributed by atoms with Gasteiger partial charge in [-0.25, -0.2) is 0 Å². The van der Waals surface area contributed by atoms with Gasteiger partial charge in [-0.05, 0) is 46.3 Å². The largest absolute Gasteiger partial charge is 0.482 e. The van der Waals surface area contributed by atoms with Gasteiger partial charge in [0.05, 0.1) is 10.7 Å². The number of hydrogen-bond donors (Lipinski definition) is 2. The summed E-state index contributed by atoms with van der Waals surface area (Å²) in [7, 11) is 0. The van der Waals surface area contributed by atoms with E-state index < -0.39 is 0 Å². The summed E-state index contributed by atoms with van der Waals surface area (Å²) in [5.74, 6) is 0.197. The smallest absolute Gasteiger partial charge is 0.262 e. The number of nitrogens with one attached hydrogen (secondary N) is 1. The third-order valence-electron chi connectivity index (χ3n) is 2.48. The van der Waals surface area contributed by atoms with Crippen LogP contribution in [0.25, 0.3) is 0 Å². The molecule has 0 aromatic heterocycles. The molecule has 2 aromatic rings. The van der Waals surface area contributed by atoms with E-state index in [-0.39, 0.29) is 12.5 Å². The number of benzene rings is 2. The third kappa shape index (κ3) is 3.88. The topological polar surface area (TPSA) is 64.3 Å². The van der Waals surface area contributed by atoms with Crippen LogP contribution in [0, 0.1) is 0 Å². The zero-order valence-corrected chi connectivity index (χ0v) is 12.7. The molecule has 0 bridgehead atoms. The van der Waals surface area contributed by atoms with Crippen LogP contribution < -0.4 is 15.8 Å². The number of carbonyl (C=O) groups is 1. The summed E-state index contributed by atoms with van der Waals surface area (Å²) in [6.07, 6.45) is 0. The minimum Gasteiger partial charge on any atom is -0.482 e. The fourth-order valence-corrected chi connectivity index (χ4v) is 1.95. The molecule has 2 aromatic carbocycles. The number of para-hydroxylation sites is 2. The van der Waals surface area contributed by atoms with Gasteiger partial charge in [0.15, 0.2) is 6.61 Å². The number of ether oxygens (including phenoxy) is 1. The summed E-state index contributed by atoms with van der Waals surface area (Å²) in [6, 6.07) is 12.2. The van der Waals surface area contributed by atoms with Crippen LogP contribution in [-0.4, -0.2) is 12.5 Å². The molecule has 0 unspecified atom stereocenters. The molecule has 0 aliphatic rings. The molecule has 1 amide bonds. The number of nitrogen functional groups attached to an aromatic ring is 1. The molecule has 3 N–H and O–H groups in total. The van der Waals surface area contributed by atoms with Crippen molar-refractivity contribution in [3.05, 3.63) is 52.0 Å². The molecule has 6 heteroatoms. The van der Waals surface area contributed by atoms with Crippen molar-refractivity contribution >= 4 is 44.8 Å². The average molecular weight is 356 g/mol. The molecule has 20 heavy (non-hydrogen) atoms. The van der Waals surface area contributed by atoms with Crippen molar-refractivity contribution in [3.8, 4) is 5.75 Å². The zero-order chi connectivity index (χ0) is 14.5. The molecule has 104 valence electrons. The summed E-state index contributed by atoms with van der Waals surface area (Å²) in [6.45, 7) is -0.123. The summed E-state index contributed by atoms with van der Waals surface area (Å²) in [5, 5.41) is 3.21. The number of amides is 1. The van der Waals surface area contributed by atoms with Gasteiger partial charge in [-0.3, -0.25) is 4.79 Å². The van der Waals surface area contributed by atoms with E-state index in [1.54, 1.807) is 42.5 Å². The van der Waals surface area contributed by atoms with E-state index in [1.165, 1.54) is 0 Å². The van der Waals surface area contributed by atoms with Crippen LogP contribution in [0.15, 0.2) is 46.9 Å². The van der Waals surface area contributed by atoms with Gasteiger partial charge >= 0.3 is 0 Å². The van der Waals surface area contributed by atoms with Gasteiger partial charge in [0.2, 0.25) is 0 Å². The average Bonchev–Trinajstić information content (AvgIpc) is 2.42. The molecule has 0 fully saturated rings. The van der Waals surface area contributed by atoms with E-state index in [1.807, 2.05) is 0 Å². The monoisotopic (exact) mass is 354 g/mol. The Labute approximate surface area is 130 Å². The van der Waals surface area contributed by atoms with Crippen LogP contribution in [0.3, 0.4) is 0 Å². The maximum atomic E-state index is 11.8. The first-order chi connectivity index (χ1) is 9.56. The van der Waals surface area contributed by atoms with E-state index in [0.29, 0.717) is 22.1 Å². The van der Waals surface area contributed by atoms with E-state index in [2.05, 4.69) is 21.2 Å². The summed E-state index contributed by atoms with van der Waals surface area (Å²) >= 11 is 9.23. The first kappa shape index (κ1) is 14.7. The number of carbonyl (C=O) groups excluding carboxylic acids is 1. The fourth-order valence-electron chi connectivity index (χ4n) is 1.53. The minimum absolute atomic E-state index is 0.123. The van der Waals surface area contributed by atoms with Crippen molar-refractivity contribution in [1.82, 2.24) is 0 Å². The second-order valence-corrected chi connectivity index (χ2v) is 5.27. The van der Waals surface area contributed by atoms with Gasteiger partial charge in [-0.2, -0.15) is 0 Å². The molecule has 0 heterocycles. The zero-order valence-electron chi connectivity index (χ0n) is 10.4. The lowest BCUT2D eigenvalue weighted by Gasteiger charge is -2.09. The highest BCUT2D eigenvalue weighted by Gasteiger charge is 2.06. The van der Waals surface area contributed by atoms with Gasteiger partial charge in [-0.1, -0.05) is 23.7 Å². The lowest BCUT2D eigenvalue weighted by atomic mass is 10.3. The fraction of sp³-hybridized carbons (Fsp3) is 0.0714. The quantitative estimate of drug-likeness (QED) is 0.822. The normalized spacial score (nSPS) is 10.1. The number of anilines is 2. The predicted molar refractivity (Wildman–Crippen MR) is 84.1 cm³/mol. The van der Waals surface area contributed by atoms with Crippen molar-refractivity contribution in [3.63, 3.8) is 0 Å². The number of halogens is 2. The van der Waals surface area contributed by atoms with E-state index >= 15 is 0 Å². The van der Waals surface area contributed by atoms with Crippen LogP contribution in [-0.2, 0) is 4.79 Å². The molecule has 0 aliphatic carbocycles. The molecular weight excluding hydrogens is 344 g/mol. The van der Waals surface area contributed by atoms with Crippen LogP contribution in [0.1, 0.15) is 0 Å². The van der Waals surface area contributed by atoms with Crippen LogP contribution in [0.2, 0.25) is 5.02 Å². The van der Waals surface area contributed by atoms with Gasteiger partial charge in [0.1, 0.15) is 5.75 Å². The van der Waals surface area contributed by atoms with Gasteiger partial charge < -0.3 is 15.8 Å². The van der Waals surface area contributed by atoms with Crippen molar-refractivity contribution in [1.29, 1.82) is 0 Å². The summed E-state index contributed by atoms with van der Waals surface area (Å²) < 4.78 is 6.11. The molecule has 0 aliphatic heterocycles. The Morgan fingerprint density at radius 2 is 2.05 bits per heavy atom. The lowest BCUT2D eigenvalue weighted by molar-refractivity contribution is -0.118. The Hall–Kier alpha value is -1.72. The van der Waals surface area contributed by atoms with E-state index in [0.717, 1.165) is 4.47 Å². The number of rotatable bonds is 4. The van der Waals surface area contributed by atoms with Gasteiger partial charge in [0, 0.05) is 10.2 Å². The lowest BCUT2D eigenvalue weighted by Crippen LogP contribution is -2.20. The molecule has 0 radical (unpaired) electrons. The van der Waals surface area contributed by atoms with E-state index in [9.17, 15) is 4.79 Å². The molecule has 2 rings (SSSR count). The summed E-state index contributed by atoms with van der Waals surface area (Å²) in [4.78, 5) is 11.8. The first-order valence-corrected chi connectivity index (χ1v) is 6.95. The minimum atomic E-state index is -0.286. The predicted octanol–water partition coefficient (Wildman–Crippen LogP) is 3.70. The molecule has 0 saturated carbocycles. The molecule has 0 atom stereocenters. The third-order valence-corrected chi connectivity index (χ3v) is 3.71. The Morgan fingerprint density at radius 3 is 2.75 bits per heavy atom. The first-order valence-electron chi connectivity index (χ1n) is 5.78. The summed E-state index contributed by atoms with van der Waals surface area (Å²) in [5.41, 5.74) is 6.81. The Morgan fingerprint density at radius 1 is 1.30 bits per heavy atom. The van der Waals surface area contributed by atoms with Crippen LogP contribution >= 0.6 is 27.5 Å². The van der Waals surface area contributed by atoms with Gasteiger partial charge in [-0.15, -0.1) is 0 Å². The Balaban J connectivity index is 1.93. The Kier molecular flexibility index (Phi) is 4.87. The van der Waals surface area contributed by atoms with Crippen LogP contribution in [0.5, 0.6) is 5.75 Å². The van der Waals surface area contributed by atoms with Crippen molar-refractivity contribution in [2.24, 2.45) is 0 Å². The van der Waals surface area contributed by atoms with Crippen molar-refractivity contribution in [2.45, 2.75) is 0 Å². The number of nitrogens with two attached hydrogens (primary N) is 1. The van der Waals surface area contributed by atoms with Gasteiger partial charge in [0.25, 0.3) is 5.91 Å². The SMILES string of the molecule is Nc1ccccc1OCC(=O)Nc1ccc(Br)c(Cl)c1. The highest BCUT2D eigenvalue weighted by Crippen LogP contribution is 2.25. The molecule has 0 spiro atoms. The maximum absolute atomic E-state index is 11.8. The highest BCUT2D eigenvalue weighted by atomic mass is 79.9. The highest BCUT2D eigenvalue weighted by molar-refractivity contribution is 9.10. The second kappa shape index (κ2) is 6.63. The Bertz CT molecular complexity index is 634. The maximum Gasteiger partial charge on any atom is 0.262 e. The van der Waals surface area contributed by atoms with Crippen molar-refractivity contribution in [2.75, 3.05) is 17.7 Å². The second-order valence-electron chi connectivity index (χ2n) is 4.00. The molecule has 0 saturated heterocycles. The van der Waals surface area contributed by atoms with Crippen molar-refractivity contribution < 1.29 is 9.53 Å². The number of hydrogen-bond acceptors (Lipinski definition) is 3. The molecule has 4 nitrogen and oxygen atoms in total. The van der Waals surface area contributed by atoms with E-state index in [4.69, 9.17) is 22.1 Å².